The molecule has 3 nitrogen and oxygen atoms in total. The lowest BCUT2D eigenvalue weighted by molar-refractivity contribution is 0.191. The molecule has 3 N–H and O–H groups in total. The Labute approximate surface area is 95.7 Å². The molecular formula is C12H19FN2O. The Kier molecular flexibility index (Phi) is 6.00. The molecule has 1 aromatic rings. The number of hydrogen-bond donors (Lipinski definition) is 3. The maximum absolute atomic E-state index is 13.2. The SMILES string of the molecule is C[C@@H](O)CNCCNCc1ccccc1F. The van der Waals surface area contributed by atoms with Crippen LogP contribution in [0.2, 0.25) is 0 Å². The highest BCUT2D eigenvalue weighted by atomic mass is 19.1. The van der Waals surface area contributed by atoms with E-state index in [1.165, 1.54) is 6.07 Å². The Bertz CT molecular complexity index is 305. The third kappa shape index (κ3) is 5.21. The van der Waals surface area contributed by atoms with Crippen LogP contribution < -0.4 is 10.6 Å². The van der Waals surface area contributed by atoms with E-state index in [1.54, 1.807) is 19.1 Å². The molecule has 90 valence electrons. The van der Waals surface area contributed by atoms with Crippen molar-refractivity contribution in [3.8, 4) is 0 Å². The number of halogens is 1. The van der Waals surface area contributed by atoms with Gasteiger partial charge in [0.05, 0.1) is 6.10 Å². The number of hydrogen-bond acceptors (Lipinski definition) is 3. The van der Waals surface area contributed by atoms with E-state index in [1.807, 2.05) is 6.07 Å². The van der Waals surface area contributed by atoms with Crippen LogP contribution in [0.3, 0.4) is 0 Å². The van der Waals surface area contributed by atoms with Gasteiger partial charge in [0.1, 0.15) is 5.82 Å². The van der Waals surface area contributed by atoms with Crippen molar-refractivity contribution in [3.63, 3.8) is 0 Å². The zero-order valence-electron chi connectivity index (χ0n) is 9.54. The molecule has 0 unspecified atom stereocenters. The second-order valence-electron chi connectivity index (χ2n) is 3.82. The van der Waals surface area contributed by atoms with Gasteiger partial charge in [-0.05, 0) is 13.0 Å². The summed E-state index contributed by atoms with van der Waals surface area (Å²) in [4.78, 5) is 0. The second kappa shape index (κ2) is 7.33. The summed E-state index contributed by atoms with van der Waals surface area (Å²) in [5.74, 6) is -0.174. The maximum atomic E-state index is 13.2. The van der Waals surface area contributed by atoms with E-state index >= 15 is 0 Å². The fourth-order valence-electron chi connectivity index (χ4n) is 1.35. The van der Waals surface area contributed by atoms with Crippen LogP contribution in [-0.4, -0.2) is 30.8 Å². The van der Waals surface area contributed by atoms with Crippen molar-refractivity contribution in [2.24, 2.45) is 0 Å². The number of benzene rings is 1. The van der Waals surface area contributed by atoms with Crippen molar-refractivity contribution >= 4 is 0 Å². The lowest BCUT2D eigenvalue weighted by Gasteiger charge is -2.08. The minimum Gasteiger partial charge on any atom is -0.392 e. The molecule has 0 saturated carbocycles. The molecule has 0 radical (unpaired) electrons. The molecule has 0 bridgehead atoms. The molecule has 0 aliphatic rings. The molecule has 0 aromatic heterocycles. The van der Waals surface area contributed by atoms with E-state index in [9.17, 15) is 4.39 Å². The van der Waals surface area contributed by atoms with Crippen LogP contribution >= 0.6 is 0 Å². The molecule has 1 atom stereocenters. The summed E-state index contributed by atoms with van der Waals surface area (Å²) in [6, 6.07) is 6.74. The Morgan fingerprint density at radius 2 is 1.94 bits per heavy atom. The van der Waals surface area contributed by atoms with Crippen LogP contribution in [-0.2, 0) is 6.54 Å². The lowest BCUT2D eigenvalue weighted by Crippen LogP contribution is -2.31. The Hall–Kier alpha value is -0.970. The molecule has 0 amide bonds. The molecule has 1 rings (SSSR count). The highest BCUT2D eigenvalue weighted by Gasteiger charge is 1.99. The largest absolute Gasteiger partial charge is 0.392 e. The number of aliphatic hydroxyl groups is 1. The fraction of sp³-hybridized carbons (Fsp3) is 0.500. The summed E-state index contributed by atoms with van der Waals surface area (Å²) in [5.41, 5.74) is 0.679. The molecule has 0 fully saturated rings. The predicted octanol–water partition coefficient (Wildman–Crippen LogP) is 0.886. The molecule has 0 aliphatic carbocycles. The van der Waals surface area contributed by atoms with E-state index in [2.05, 4.69) is 10.6 Å². The minimum atomic E-state index is -0.327. The summed E-state index contributed by atoms with van der Waals surface area (Å²) < 4.78 is 13.2. The first-order chi connectivity index (χ1) is 7.70. The van der Waals surface area contributed by atoms with Crippen LogP contribution in [0.15, 0.2) is 24.3 Å². The normalized spacial score (nSPS) is 12.7. The molecule has 0 heterocycles. The summed E-state index contributed by atoms with van der Waals surface area (Å²) in [6.45, 7) is 4.37. The molecule has 16 heavy (non-hydrogen) atoms. The fourth-order valence-corrected chi connectivity index (χ4v) is 1.35. The van der Waals surface area contributed by atoms with Crippen LogP contribution in [0.25, 0.3) is 0 Å². The van der Waals surface area contributed by atoms with Gasteiger partial charge in [0.25, 0.3) is 0 Å². The van der Waals surface area contributed by atoms with Crippen LogP contribution in [0.1, 0.15) is 12.5 Å². The number of nitrogens with one attached hydrogen (secondary N) is 2. The highest BCUT2D eigenvalue weighted by Crippen LogP contribution is 2.04. The van der Waals surface area contributed by atoms with Crippen molar-refractivity contribution in [2.75, 3.05) is 19.6 Å². The summed E-state index contributed by atoms with van der Waals surface area (Å²) in [6.07, 6.45) is -0.327. The van der Waals surface area contributed by atoms with Gasteiger partial charge in [-0.1, -0.05) is 18.2 Å². The summed E-state index contributed by atoms with van der Waals surface area (Å²) >= 11 is 0. The average Bonchev–Trinajstić information content (AvgIpc) is 2.25. The molecule has 0 aliphatic heterocycles. The van der Waals surface area contributed by atoms with Crippen LogP contribution in [0, 0.1) is 5.82 Å². The Morgan fingerprint density at radius 1 is 1.25 bits per heavy atom. The number of rotatable bonds is 7. The smallest absolute Gasteiger partial charge is 0.127 e. The summed E-state index contributed by atoms with van der Waals surface area (Å²) in [5, 5.41) is 15.2. The van der Waals surface area contributed by atoms with Gasteiger partial charge in [0, 0.05) is 31.7 Å². The quantitative estimate of drug-likeness (QED) is 0.605. The zero-order valence-corrected chi connectivity index (χ0v) is 9.54. The molecule has 1 aromatic carbocycles. The molecule has 4 heteroatoms. The first-order valence-electron chi connectivity index (χ1n) is 5.53. The standard InChI is InChI=1S/C12H19FN2O/c1-10(16)8-14-6-7-15-9-11-4-2-3-5-12(11)13/h2-5,10,14-16H,6-9H2,1H3/t10-/m1/s1. The number of aliphatic hydroxyl groups excluding tert-OH is 1. The molecule has 0 spiro atoms. The van der Waals surface area contributed by atoms with Gasteiger partial charge in [-0.15, -0.1) is 0 Å². The highest BCUT2D eigenvalue weighted by molar-refractivity contribution is 5.16. The first kappa shape index (κ1) is 13.1. The van der Waals surface area contributed by atoms with Gasteiger partial charge in [-0.25, -0.2) is 4.39 Å². The van der Waals surface area contributed by atoms with Gasteiger partial charge in [-0.2, -0.15) is 0 Å². The first-order valence-corrected chi connectivity index (χ1v) is 5.53. The lowest BCUT2D eigenvalue weighted by atomic mass is 10.2. The topological polar surface area (TPSA) is 44.3 Å². The van der Waals surface area contributed by atoms with Gasteiger partial charge < -0.3 is 15.7 Å². The molecule has 0 saturated heterocycles. The van der Waals surface area contributed by atoms with Crippen molar-refractivity contribution in [1.82, 2.24) is 10.6 Å². The van der Waals surface area contributed by atoms with Crippen molar-refractivity contribution in [1.29, 1.82) is 0 Å². The third-order valence-corrected chi connectivity index (χ3v) is 2.19. The van der Waals surface area contributed by atoms with E-state index in [4.69, 9.17) is 5.11 Å². The van der Waals surface area contributed by atoms with Crippen molar-refractivity contribution < 1.29 is 9.50 Å². The average molecular weight is 226 g/mol. The summed E-state index contributed by atoms with van der Waals surface area (Å²) in [7, 11) is 0. The van der Waals surface area contributed by atoms with E-state index in [0.717, 1.165) is 13.1 Å². The molecular weight excluding hydrogens is 207 g/mol. The minimum absolute atomic E-state index is 0.174. The second-order valence-corrected chi connectivity index (χ2v) is 3.82. The van der Waals surface area contributed by atoms with E-state index in [0.29, 0.717) is 18.7 Å². The van der Waals surface area contributed by atoms with Gasteiger partial charge >= 0.3 is 0 Å². The van der Waals surface area contributed by atoms with Crippen LogP contribution in [0.5, 0.6) is 0 Å². The van der Waals surface area contributed by atoms with Gasteiger partial charge in [-0.3, -0.25) is 0 Å². The van der Waals surface area contributed by atoms with Gasteiger partial charge in [0.15, 0.2) is 0 Å². The monoisotopic (exact) mass is 226 g/mol. The van der Waals surface area contributed by atoms with Gasteiger partial charge in [0.2, 0.25) is 0 Å². The Balaban J connectivity index is 2.10. The maximum Gasteiger partial charge on any atom is 0.127 e. The van der Waals surface area contributed by atoms with Crippen LogP contribution in [0.4, 0.5) is 4.39 Å². The van der Waals surface area contributed by atoms with Crippen molar-refractivity contribution in [2.45, 2.75) is 19.6 Å². The van der Waals surface area contributed by atoms with E-state index in [-0.39, 0.29) is 11.9 Å². The van der Waals surface area contributed by atoms with E-state index < -0.39 is 0 Å². The predicted molar refractivity (Wildman–Crippen MR) is 62.7 cm³/mol. The Morgan fingerprint density at radius 3 is 2.62 bits per heavy atom. The van der Waals surface area contributed by atoms with Crippen molar-refractivity contribution in [3.05, 3.63) is 35.6 Å². The third-order valence-electron chi connectivity index (χ3n) is 2.19. The zero-order chi connectivity index (χ0) is 11.8.